The van der Waals surface area contributed by atoms with Gasteiger partial charge in [0.15, 0.2) is 0 Å². The van der Waals surface area contributed by atoms with Gasteiger partial charge in [0.2, 0.25) is 0 Å². The first kappa shape index (κ1) is 11.0. The van der Waals surface area contributed by atoms with Gasteiger partial charge in [-0.1, -0.05) is 26.7 Å². The molecule has 1 rings (SSSR count). The predicted octanol–water partition coefficient (Wildman–Crippen LogP) is 2.09. The Kier molecular flexibility index (Phi) is 3.74. The van der Waals surface area contributed by atoms with Crippen molar-refractivity contribution in [1.82, 2.24) is 0 Å². The molecule has 0 spiro atoms. The summed E-state index contributed by atoms with van der Waals surface area (Å²) in [5, 5.41) is 19.8. The Morgan fingerprint density at radius 2 is 1.69 bits per heavy atom. The fourth-order valence-electron chi connectivity index (χ4n) is 2.08. The topological polar surface area (TPSA) is 40.5 Å². The van der Waals surface area contributed by atoms with E-state index in [4.69, 9.17) is 0 Å². The molecule has 2 nitrogen and oxygen atoms in total. The molecule has 13 heavy (non-hydrogen) atoms. The highest BCUT2D eigenvalue weighted by Crippen LogP contribution is 2.34. The molecule has 0 aromatic carbocycles. The molecule has 0 saturated heterocycles. The van der Waals surface area contributed by atoms with E-state index in [0.717, 1.165) is 38.5 Å². The summed E-state index contributed by atoms with van der Waals surface area (Å²) in [5.41, 5.74) is -0.755. The highest BCUT2D eigenvalue weighted by atomic mass is 16.3. The highest BCUT2D eigenvalue weighted by molar-refractivity contribution is 4.90. The molecule has 1 fully saturated rings. The van der Waals surface area contributed by atoms with Gasteiger partial charge in [0.25, 0.3) is 0 Å². The van der Waals surface area contributed by atoms with Gasteiger partial charge in [-0.2, -0.15) is 0 Å². The molecule has 1 unspecified atom stereocenters. The zero-order valence-corrected chi connectivity index (χ0v) is 8.79. The summed E-state index contributed by atoms with van der Waals surface area (Å²) in [4.78, 5) is 0. The van der Waals surface area contributed by atoms with Crippen LogP contribution in [-0.4, -0.2) is 21.9 Å². The minimum absolute atomic E-state index is 0.502. The summed E-state index contributed by atoms with van der Waals surface area (Å²) in [6.45, 7) is 4.29. The fourth-order valence-corrected chi connectivity index (χ4v) is 2.08. The van der Waals surface area contributed by atoms with Gasteiger partial charge in [0.05, 0.1) is 11.7 Å². The van der Waals surface area contributed by atoms with Crippen LogP contribution in [0.25, 0.3) is 0 Å². The molecule has 1 saturated carbocycles. The van der Waals surface area contributed by atoms with E-state index in [2.05, 4.69) is 13.8 Å². The van der Waals surface area contributed by atoms with Crippen LogP contribution in [0.15, 0.2) is 0 Å². The Morgan fingerprint density at radius 1 is 1.15 bits per heavy atom. The maximum absolute atomic E-state index is 10.0. The molecule has 78 valence electrons. The number of rotatable bonds is 4. The van der Waals surface area contributed by atoms with E-state index in [0.29, 0.717) is 5.92 Å². The maximum Gasteiger partial charge on any atom is 0.0905 e. The van der Waals surface area contributed by atoms with Gasteiger partial charge >= 0.3 is 0 Å². The summed E-state index contributed by atoms with van der Waals surface area (Å²) in [6, 6.07) is 0. The van der Waals surface area contributed by atoms with Crippen LogP contribution in [0.4, 0.5) is 0 Å². The smallest absolute Gasteiger partial charge is 0.0905 e. The third-order valence-electron chi connectivity index (χ3n) is 3.11. The van der Waals surface area contributed by atoms with Crippen LogP contribution < -0.4 is 0 Å². The van der Waals surface area contributed by atoms with Crippen LogP contribution in [0, 0.1) is 5.92 Å². The van der Waals surface area contributed by atoms with E-state index in [1.165, 1.54) is 0 Å². The lowest BCUT2D eigenvalue weighted by atomic mass is 9.90. The number of hydrogen-bond acceptors (Lipinski definition) is 2. The molecule has 0 radical (unpaired) electrons. The van der Waals surface area contributed by atoms with Gasteiger partial charge in [-0.25, -0.2) is 0 Å². The molecular formula is C11H22O2. The molecule has 1 atom stereocenters. The van der Waals surface area contributed by atoms with Crippen LogP contribution in [0.2, 0.25) is 0 Å². The van der Waals surface area contributed by atoms with Crippen LogP contribution in [0.1, 0.15) is 52.4 Å². The van der Waals surface area contributed by atoms with E-state index in [9.17, 15) is 10.2 Å². The number of aliphatic hydroxyl groups excluding tert-OH is 1. The van der Waals surface area contributed by atoms with Gasteiger partial charge in [0, 0.05) is 0 Å². The molecule has 0 aliphatic heterocycles. The first-order chi connectivity index (χ1) is 6.04. The average molecular weight is 186 g/mol. The Hall–Kier alpha value is -0.0800. The molecule has 1 aliphatic rings. The highest BCUT2D eigenvalue weighted by Gasteiger charge is 2.37. The van der Waals surface area contributed by atoms with Crippen molar-refractivity contribution in [2.75, 3.05) is 0 Å². The van der Waals surface area contributed by atoms with Crippen molar-refractivity contribution < 1.29 is 10.2 Å². The second-order valence-electron chi connectivity index (χ2n) is 4.80. The quantitative estimate of drug-likeness (QED) is 0.705. The normalized spacial score (nSPS) is 23.8. The SMILES string of the molecule is CC(C)CCC(O)C1(O)CCCC1. The summed E-state index contributed by atoms with van der Waals surface area (Å²) in [7, 11) is 0. The van der Waals surface area contributed by atoms with Gasteiger partial charge in [0.1, 0.15) is 0 Å². The van der Waals surface area contributed by atoms with Crippen molar-refractivity contribution >= 4 is 0 Å². The number of hydrogen-bond donors (Lipinski definition) is 2. The van der Waals surface area contributed by atoms with E-state index in [-0.39, 0.29) is 0 Å². The summed E-state index contributed by atoms with van der Waals surface area (Å²) < 4.78 is 0. The molecule has 1 aliphatic carbocycles. The molecule has 2 N–H and O–H groups in total. The Balaban J connectivity index is 2.33. The lowest BCUT2D eigenvalue weighted by Gasteiger charge is -2.28. The first-order valence-corrected chi connectivity index (χ1v) is 5.45. The van der Waals surface area contributed by atoms with Crippen molar-refractivity contribution in [3.8, 4) is 0 Å². The van der Waals surface area contributed by atoms with Gasteiger partial charge in [-0.15, -0.1) is 0 Å². The van der Waals surface area contributed by atoms with E-state index >= 15 is 0 Å². The zero-order valence-electron chi connectivity index (χ0n) is 8.79. The standard InChI is InChI=1S/C11H22O2/c1-9(2)5-6-10(12)11(13)7-3-4-8-11/h9-10,12-13H,3-8H2,1-2H3. The summed E-state index contributed by atoms with van der Waals surface area (Å²) >= 11 is 0. The fraction of sp³-hybridized carbons (Fsp3) is 1.00. The van der Waals surface area contributed by atoms with Gasteiger partial charge < -0.3 is 10.2 Å². The lowest BCUT2D eigenvalue weighted by molar-refractivity contribution is -0.0745. The van der Waals surface area contributed by atoms with Crippen molar-refractivity contribution in [3.05, 3.63) is 0 Å². The minimum Gasteiger partial charge on any atom is -0.390 e. The molecule has 0 aromatic heterocycles. The second kappa shape index (κ2) is 4.43. The van der Waals surface area contributed by atoms with Crippen molar-refractivity contribution in [3.63, 3.8) is 0 Å². The third kappa shape index (κ3) is 2.96. The molecule has 0 heterocycles. The molecule has 2 heteroatoms. The maximum atomic E-state index is 10.0. The molecule has 0 aromatic rings. The van der Waals surface area contributed by atoms with Crippen molar-refractivity contribution in [2.45, 2.75) is 64.1 Å². The number of aliphatic hydroxyl groups is 2. The van der Waals surface area contributed by atoms with E-state index < -0.39 is 11.7 Å². The molecule has 0 amide bonds. The lowest BCUT2D eigenvalue weighted by Crippen LogP contribution is -2.39. The Bertz CT molecular complexity index is 148. The predicted molar refractivity (Wildman–Crippen MR) is 53.5 cm³/mol. The van der Waals surface area contributed by atoms with Gasteiger partial charge in [-0.3, -0.25) is 0 Å². The molecular weight excluding hydrogens is 164 g/mol. The average Bonchev–Trinajstić information content (AvgIpc) is 2.49. The monoisotopic (exact) mass is 186 g/mol. The Labute approximate surface area is 81.0 Å². The van der Waals surface area contributed by atoms with Crippen LogP contribution >= 0.6 is 0 Å². The van der Waals surface area contributed by atoms with Crippen molar-refractivity contribution in [1.29, 1.82) is 0 Å². The van der Waals surface area contributed by atoms with E-state index in [1.807, 2.05) is 0 Å². The minimum atomic E-state index is -0.755. The van der Waals surface area contributed by atoms with Crippen molar-refractivity contribution in [2.24, 2.45) is 5.92 Å². The largest absolute Gasteiger partial charge is 0.390 e. The molecule has 0 bridgehead atoms. The summed E-state index contributed by atoms with van der Waals surface area (Å²) in [5.74, 6) is 0.611. The van der Waals surface area contributed by atoms with Gasteiger partial charge in [-0.05, 0) is 31.6 Å². The third-order valence-corrected chi connectivity index (χ3v) is 3.11. The van der Waals surface area contributed by atoms with E-state index in [1.54, 1.807) is 0 Å². The first-order valence-electron chi connectivity index (χ1n) is 5.45. The second-order valence-corrected chi connectivity index (χ2v) is 4.80. The van der Waals surface area contributed by atoms with Crippen LogP contribution in [0.5, 0.6) is 0 Å². The zero-order chi connectivity index (χ0) is 9.90. The van der Waals surface area contributed by atoms with Crippen LogP contribution in [-0.2, 0) is 0 Å². The van der Waals surface area contributed by atoms with Crippen LogP contribution in [0.3, 0.4) is 0 Å². The summed E-state index contributed by atoms with van der Waals surface area (Å²) in [6.07, 6.45) is 4.94. The Morgan fingerprint density at radius 3 is 2.15 bits per heavy atom.